The van der Waals surface area contributed by atoms with Crippen LogP contribution in [0, 0.1) is 0 Å². The molecule has 0 saturated carbocycles. The number of fused-ring (bicyclic) bond motifs is 2. The lowest BCUT2D eigenvalue weighted by molar-refractivity contribution is -0.184. The highest BCUT2D eigenvalue weighted by Gasteiger charge is 2.62. The van der Waals surface area contributed by atoms with Crippen LogP contribution in [-0.4, -0.2) is 29.9 Å². The number of Topliss-reactive ketones (excluding diaryl/α,β-unsaturated/α-hetero) is 1. The molecule has 1 heterocycles. The van der Waals surface area contributed by atoms with E-state index >= 15 is 0 Å². The smallest absolute Gasteiger partial charge is 0.200 e. The third-order valence-corrected chi connectivity index (χ3v) is 8.37. The maximum Gasteiger partial charge on any atom is 0.200 e. The van der Waals surface area contributed by atoms with Crippen LogP contribution in [0.3, 0.4) is 0 Å². The molecule has 2 atom stereocenters. The fourth-order valence-electron chi connectivity index (χ4n) is 6.55. The average molecular weight is 553 g/mol. The molecule has 5 aromatic rings. The van der Waals surface area contributed by atoms with Gasteiger partial charge in [0.2, 0.25) is 5.78 Å². The van der Waals surface area contributed by atoms with E-state index in [1.54, 1.807) is 0 Å². The number of rotatable bonds is 7. The summed E-state index contributed by atoms with van der Waals surface area (Å²) in [5, 5.41) is 2.09. The molecule has 208 valence electrons. The summed E-state index contributed by atoms with van der Waals surface area (Å²) in [5.41, 5.74) is 2.00. The van der Waals surface area contributed by atoms with Crippen molar-refractivity contribution in [2.75, 3.05) is 6.61 Å². The second kappa shape index (κ2) is 10.2. The molecule has 7 rings (SSSR count). The Bertz CT molecular complexity index is 1670. The van der Waals surface area contributed by atoms with Crippen molar-refractivity contribution < 1.29 is 19.0 Å². The van der Waals surface area contributed by atoms with E-state index < -0.39 is 23.1 Å². The maximum absolute atomic E-state index is 14.6. The van der Waals surface area contributed by atoms with Gasteiger partial charge in [-0.2, -0.15) is 0 Å². The summed E-state index contributed by atoms with van der Waals surface area (Å²) in [6, 6.07) is 44.6. The van der Waals surface area contributed by atoms with Crippen LogP contribution in [0.2, 0.25) is 0 Å². The highest BCUT2D eigenvalue weighted by molar-refractivity contribution is 6.30. The first-order chi connectivity index (χ1) is 20.4. The van der Waals surface area contributed by atoms with Crippen LogP contribution in [0.15, 0.2) is 140 Å². The predicted octanol–water partition coefficient (Wildman–Crippen LogP) is 7.70. The van der Waals surface area contributed by atoms with Crippen molar-refractivity contribution in [2.24, 2.45) is 0 Å². The zero-order valence-electron chi connectivity index (χ0n) is 23.7. The van der Waals surface area contributed by atoms with Crippen LogP contribution in [-0.2, 0) is 24.6 Å². The van der Waals surface area contributed by atoms with Crippen molar-refractivity contribution in [1.82, 2.24) is 0 Å². The molecule has 0 amide bonds. The molecule has 1 saturated heterocycles. The maximum atomic E-state index is 14.6. The second-order valence-electron chi connectivity index (χ2n) is 11.4. The number of ketones is 1. The van der Waals surface area contributed by atoms with Crippen LogP contribution in [0.1, 0.15) is 36.1 Å². The zero-order chi connectivity index (χ0) is 28.8. The number of carbonyl (C=O) groups is 1. The Morgan fingerprint density at radius 2 is 1.21 bits per heavy atom. The van der Waals surface area contributed by atoms with E-state index in [1.165, 1.54) is 0 Å². The van der Waals surface area contributed by atoms with Crippen LogP contribution >= 0.6 is 0 Å². The molecule has 42 heavy (non-hydrogen) atoms. The highest BCUT2D eigenvalue weighted by atomic mass is 16.8. The van der Waals surface area contributed by atoms with Crippen LogP contribution in [0.5, 0.6) is 0 Å². The van der Waals surface area contributed by atoms with Crippen molar-refractivity contribution in [3.63, 3.8) is 0 Å². The molecular weight excluding hydrogens is 520 g/mol. The zero-order valence-corrected chi connectivity index (χ0v) is 23.7. The lowest BCUT2D eigenvalue weighted by Gasteiger charge is -2.39. The summed E-state index contributed by atoms with van der Waals surface area (Å²) in [5.74, 6) is -1.09. The lowest BCUT2D eigenvalue weighted by Crippen LogP contribution is -2.50. The Balaban J connectivity index is 1.36. The van der Waals surface area contributed by atoms with E-state index in [4.69, 9.17) is 14.2 Å². The Morgan fingerprint density at radius 3 is 1.81 bits per heavy atom. The summed E-state index contributed by atoms with van der Waals surface area (Å²) < 4.78 is 20.1. The summed E-state index contributed by atoms with van der Waals surface area (Å²) in [7, 11) is 0. The molecule has 4 heteroatoms. The topological polar surface area (TPSA) is 44.8 Å². The van der Waals surface area contributed by atoms with Gasteiger partial charge in [0.05, 0.1) is 6.61 Å². The van der Waals surface area contributed by atoms with Gasteiger partial charge in [-0.25, -0.2) is 0 Å². The van der Waals surface area contributed by atoms with Gasteiger partial charge in [-0.3, -0.25) is 4.79 Å². The second-order valence-corrected chi connectivity index (χ2v) is 11.4. The molecule has 1 fully saturated rings. The fourth-order valence-corrected chi connectivity index (χ4v) is 6.55. The van der Waals surface area contributed by atoms with E-state index in [-0.39, 0.29) is 12.4 Å². The molecule has 4 nitrogen and oxygen atoms in total. The number of carbonyl (C=O) groups excluding carboxylic acids is 1. The molecule has 5 aromatic carbocycles. The van der Waals surface area contributed by atoms with E-state index in [2.05, 4.69) is 48.5 Å². The van der Waals surface area contributed by atoms with Gasteiger partial charge in [-0.15, -0.1) is 0 Å². The Kier molecular flexibility index (Phi) is 6.43. The van der Waals surface area contributed by atoms with E-state index in [1.807, 2.05) is 105 Å². The van der Waals surface area contributed by atoms with Gasteiger partial charge in [0, 0.05) is 5.57 Å². The fraction of sp³-hybridized carbons (Fsp3) is 0.184. The summed E-state index contributed by atoms with van der Waals surface area (Å²) in [6.45, 7) is 3.69. The normalized spacial score (nSPS) is 21.3. The summed E-state index contributed by atoms with van der Waals surface area (Å²) >= 11 is 0. The highest BCUT2D eigenvalue weighted by Crippen LogP contribution is 2.49. The summed E-state index contributed by atoms with van der Waals surface area (Å²) in [4.78, 5) is 14.6. The van der Waals surface area contributed by atoms with Crippen molar-refractivity contribution >= 4 is 22.1 Å². The third kappa shape index (κ3) is 4.23. The largest absolute Gasteiger partial charge is 0.357 e. The monoisotopic (exact) mass is 552 g/mol. The summed E-state index contributed by atoms with van der Waals surface area (Å²) in [6.07, 6.45) is 1.33. The van der Waals surface area contributed by atoms with Gasteiger partial charge in [-0.1, -0.05) is 133 Å². The minimum absolute atomic E-state index is 0.0105. The minimum Gasteiger partial charge on any atom is -0.357 e. The van der Waals surface area contributed by atoms with Gasteiger partial charge >= 0.3 is 0 Å². The predicted molar refractivity (Wildman–Crippen MR) is 165 cm³/mol. The average Bonchev–Trinajstić information content (AvgIpc) is 3.44. The standard InChI is InChI=1S/C38H32O4/c1-36(2)41-34-25-33(32-24-14-16-27-15-12-13-23-31(27)32)35(39)37(34,42-36)26-40-38(28-17-6-3-7-18-28,29-19-8-4-9-20-29)30-21-10-5-11-22-30/h3-25,34H,26H2,1-2H3/t34-,37-/m0/s1. The van der Waals surface area contributed by atoms with Gasteiger partial charge in [0.25, 0.3) is 0 Å². The molecule has 0 N–H and O–H groups in total. The number of benzene rings is 5. The van der Waals surface area contributed by atoms with Crippen molar-refractivity contribution in [2.45, 2.75) is 36.9 Å². The quantitative estimate of drug-likeness (QED) is 0.194. The van der Waals surface area contributed by atoms with Gasteiger partial charge in [0.15, 0.2) is 11.4 Å². The van der Waals surface area contributed by atoms with Crippen LogP contribution < -0.4 is 0 Å². The van der Waals surface area contributed by atoms with Crippen molar-refractivity contribution in [3.05, 3.63) is 162 Å². The Morgan fingerprint density at radius 1 is 0.690 bits per heavy atom. The SMILES string of the molecule is CC1(C)O[C@H]2C=C(c3cccc4ccccc34)C(=O)[C@@]2(COC(c2ccccc2)(c2ccccc2)c2ccccc2)O1. The molecule has 1 aliphatic heterocycles. The van der Waals surface area contributed by atoms with Crippen molar-refractivity contribution in [1.29, 1.82) is 0 Å². The molecule has 0 spiro atoms. The Hall–Kier alpha value is -4.35. The number of ether oxygens (including phenoxy) is 3. The van der Waals surface area contributed by atoms with E-state index in [0.29, 0.717) is 5.57 Å². The van der Waals surface area contributed by atoms with Crippen molar-refractivity contribution in [3.8, 4) is 0 Å². The molecule has 1 aliphatic carbocycles. The van der Waals surface area contributed by atoms with Gasteiger partial charge in [-0.05, 0) is 52.9 Å². The molecule has 2 aliphatic rings. The molecular formula is C38H32O4. The minimum atomic E-state index is -1.35. The number of hydrogen-bond acceptors (Lipinski definition) is 4. The first-order valence-corrected chi connectivity index (χ1v) is 14.4. The molecule has 0 aromatic heterocycles. The molecule has 0 unspecified atom stereocenters. The Labute approximate surface area is 246 Å². The molecule has 0 bridgehead atoms. The van der Waals surface area contributed by atoms with Gasteiger partial charge < -0.3 is 14.2 Å². The number of hydrogen-bond donors (Lipinski definition) is 0. The van der Waals surface area contributed by atoms with Crippen LogP contribution in [0.4, 0.5) is 0 Å². The van der Waals surface area contributed by atoms with E-state index in [0.717, 1.165) is 33.0 Å². The lowest BCUT2D eigenvalue weighted by atomic mass is 9.79. The van der Waals surface area contributed by atoms with Crippen LogP contribution in [0.25, 0.3) is 16.3 Å². The third-order valence-electron chi connectivity index (χ3n) is 8.37. The van der Waals surface area contributed by atoms with E-state index in [9.17, 15) is 4.79 Å². The first-order valence-electron chi connectivity index (χ1n) is 14.4. The molecule has 0 radical (unpaired) electrons. The first kappa shape index (κ1) is 26.5. The van der Waals surface area contributed by atoms with Gasteiger partial charge in [0.1, 0.15) is 11.7 Å².